The maximum Gasteiger partial charge on any atom is 0.287 e. The molecule has 0 aliphatic heterocycles. The zero-order chi connectivity index (χ0) is 17.6. The van der Waals surface area contributed by atoms with Crippen LogP contribution in [0.3, 0.4) is 0 Å². The fourth-order valence-electron chi connectivity index (χ4n) is 2.04. The van der Waals surface area contributed by atoms with Crippen LogP contribution in [0.4, 0.5) is 0 Å². The summed E-state index contributed by atoms with van der Waals surface area (Å²) in [6, 6.07) is 6.78. The third kappa shape index (κ3) is 5.60. The summed E-state index contributed by atoms with van der Waals surface area (Å²) in [5.74, 6) is 0.676. The van der Waals surface area contributed by atoms with E-state index in [0.29, 0.717) is 23.0 Å². The molecule has 0 unspecified atom stereocenters. The fraction of sp³-hybridized carbons (Fsp3) is 0.353. The summed E-state index contributed by atoms with van der Waals surface area (Å²) in [6.45, 7) is 0.916. The van der Waals surface area contributed by atoms with Gasteiger partial charge in [-0.05, 0) is 52.4 Å². The number of rotatable bonds is 8. The van der Waals surface area contributed by atoms with Crippen LogP contribution in [0.2, 0.25) is 0 Å². The van der Waals surface area contributed by atoms with Crippen LogP contribution in [0.5, 0.6) is 5.88 Å². The quantitative estimate of drug-likeness (QED) is 0.699. The first-order valence-corrected chi connectivity index (χ1v) is 8.77. The highest BCUT2D eigenvalue weighted by atomic mass is 79.9. The Labute approximate surface area is 153 Å². The summed E-state index contributed by atoms with van der Waals surface area (Å²) in [6.07, 6.45) is 4.14. The molecule has 2 heterocycles. The molecule has 0 bridgehead atoms. The van der Waals surface area contributed by atoms with Gasteiger partial charge in [-0.25, -0.2) is 4.98 Å². The van der Waals surface area contributed by atoms with Gasteiger partial charge in [0, 0.05) is 18.8 Å². The Morgan fingerprint density at radius 2 is 2.08 bits per heavy atom. The number of ether oxygens (including phenoxy) is 1. The van der Waals surface area contributed by atoms with Gasteiger partial charge < -0.3 is 19.8 Å². The molecular weight excluding hydrogens is 390 g/mol. The van der Waals surface area contributed by atoms with Crippen LogP contribution in [-0.2, 0) is 11.3 Å². The monoisotopic (exact) mass is 407 g/mol. The molecule has 1 fully saturated rings. The molecule has 2 amide bonds. The highest BCUT2D eigenvalue weighted by molar-refractivity contribution is 9.10. The van der Waals surface area contributed by atoms with Crippen molar-refractivity contribution >= 4 is 27.7 Å². The molecule has 25 heavy (non-hydrogen) atoms. The third-order valence-corrected chi connectivity index (χ3v) is 4.08. The van der Waals surface area contributed by atoms with E-state index in [4.69, 9.17) is 9.15 Å². The van der Waals surface area contributed by atoms with Crippen molar-refractivity contribution in [1.29, 1.82) is 0 Å². The number of halogens is 1. The average molecular weight is 408 g/mol. The lowest BCUT2D eigenvalue weighted by Gasteiger charge is -2.07. The highest BCUT2D eigenvalue weighted by Crippen LogP contribution is 2.29. The predicted octanol–water partition coefficient (Wildman–Crippen LogP) is 2.27. The maximum atomic E-state index is 11.8. The van der Waals surface area contributed by atoms with Crippen LogP contribution < -0.4 is 15.4 Å². The van der Waals surface area contributed by atoms with Gasteiger partial charge in [0.2, 0.25) is 11.8 Å². The minimum Gasteiger partial charge on any atom is -0.477 e. The van der Waals surface area contributed by atoms with Gasteiger partial charge in [0.25, 0.3) is 5.91 Å². The summed E-state index contributed by atoms with van der Waals surface area (Å²) in [4.78, 5) is 27.8. The molecule has 0 aromatic carbocycles. The fourth-order valence-corrected chi connectivity index (χ4v) is 2.34. The molecule has 1 aliphatic rings. The smallest absolute Gasteiger partial charge is 0.287 e. The van der Waals surface area contributed by atoms with E-state index in [0.717, 1.165) is 12.2 Å². The van der Waals surface area contributed by atoms with E-state index >= 15 is 0 Å². The van der Waals surface area contributed by atoms with Crippen molar-refractivity contribution in [3.05, 3.63) is 46.5 Å². The summed E-state index contributed by atoms with van der Waals surface area (Å²) in [5, 5.41) is 5.21. The first kappa shape index (κ1) is 17.5. The van der Waals surface area contributed by atoms with E-state index in [1.807, 2.05) is 6.07 Å². The van der Waals surface area contributed by atoms with Gasteiger partial charge in [-0.15, -0.1) is 0 Å². The van der Waals surface area contributed by atoms with E-state index in [9.17, 15) is 9.59 Å². The Kier molecular flexibility index (Phi) is 5.70. The van der Waals surface area contributed by atoms with Gasteiger partial charge >= 0.3 is 0 Å². The molecule has 1 aliphatic carbocycles. The second-order valence-corrected chi connectivity index (χ2v) is 6.60. The number of pyridine rings is 1. The number of hydrogen-bond acceptors (Lipinski definition) is 5. The highest BCUT2D eigenvalue weighted by Gasteiger charge is 2.22. The molecule has 0 radical (unpaired) electrons. The van der Waals surface area contributed by atoms with Crippen LogP contribution in [0.1, 0.15) is 29.0 Å². The Bertz CT molecular complexity index is 741. The molecule has 8 heteroatoms. The first-order valence-electron chi connectivity index (χ1n) is 7.98. The second-order valence-electron chi connectivity index (χ2n) is 5.82. The second kappa shape index (κ2) is 8.15. The Morgan fingerprint density at radius 3 is 2.72 bits per heavy atom. The van der Waals surface area contributed by atoms with Crippen LogP contribution in [-0.4, -0.2) is 29.9 Å². The zero-order valence-electron chi connectivity index (χ0n) is 13.5. The molecule has 3 rings (SSSR count). The summed E-state index contributed by atoms with van der Waals surface area (Å²) < 4.78 is 11.1. The van der Waals surface area contributed by atoms with Gasteiger partial charge in [-0.3, -0.25) is 9.59 Å². The minimum atomic E-state index is -0.445. The van der Waals surface area contributed by atoms with Crippen molar-refractivity contribution in [2.45, 2.75) is 19.4 Å². The summed E-state index contributed by atoms with van der Waals surface area (Å²) in [7, 11) is 0. The van der Waals surface area contributed by atoms with E-state index in [-0.39, 0.29) is 18.2 Å². The number of carbonyl (C=O) groups is 2. The maximum absolute atomic E-state index is 11.8. The lowest BCUT2D eigenvalue weighted by atomic mass is 10.3. The summed E-state index contributed by atoms with van der Waals surface area (Å²) in [5.41, 5.74) is 0.855. The minimum absolute atomic E-state index is 0.132. The average Bonchev–Trinajstić information content (AvgIpc) is 3.35. The molecule has 2 aromatic rings. The molecule has 0 atom stereocenters. The van der Waals surface area contributed by atoms with Crippen LogP contribution in [0.15, 0.2) is 39.5 Å². The molecular formula is C17H18BrN3O4. The van der Waals surface area contributed by atoms with Gasteiger partial charge in [0.05, 0.1) is 13.2 Å². The Balaban J connectivity index is 1.37. The van der Waals surface area contributed by atoms with E-state index in [1.54, 1.807) is 18.3 Å². The number of hydrogen-bond donors (Lipinski definition) is 2. The molecule has 7 nitrogen and oxygen atoms in total. The number of aromatic nitrogens is 1. The number of carbonyl (C=O) groups excluding carboxylic acids is 2. The van der Waals surface area contributed by atoms with Gasteiger partial charge in [-0.1, -0.05) is 6.07 Å². The molecule has 1 saturated carbocycles. The van der Waals surface area contributed by atoms with Crippen molar-refractivity contribution in [2.75, 3.05) is 13.2 Å². The third-order valence-electron chi connectivity index (χ3n) is 3.66. The lowest BCUT2D eigenvalue weighted by Crippen LogP contribution is -2.36. The Hall–Kier alpha value is -2.35. The SMILES string of the molecule is O=C(CNC(=O)c1ccc(Br)o1)NCc1ccc(OCC2CC2)nc1. The van der Waals surface area contributed by atoms with Crippen LogP contribution in [0.25, 0.3) is 0 Å². The number of nitrogens with zero attached hydrogens (tertiary/aromatic N) is 1. The van der Waals surface area contributed by atoms with Crippen molar-refractivity contribution in [2.24, 2.45) is 5.92 Å². The predicted molar refractivity (Wildman–Crippen MR) is 93.0 cm³/mol. The van der Waals surface area contributed by atoms with E-state index in [1.165, 1.54) is 18.9 Å². The normalized spacial score (nSPS) is 13.3. The Morgan fingerprint density at radius 1 is 1.24 bits per heavy atom. The molecule has 2 N–H and O–H groups in total. The standard InChI is InChI=1S/C17H18BrN3O4/c18-14-5-4-13(25-14)17(23)21-9-15(22)19-7-12-3-6-16(20-8-12)24-10-11-1-2-11/h3-6,8,11H,1-2,7,9-10H2,(H,19,22)(H,21,23). The van der Waals surface area contributed by atoms with Crippen LogP contribution >= 0.6 is 15.9 Å². The van der Waals surface area contributed by atoms with Crippen molar-refractivity contribution < 1.29 is 18.7 Å². The molecule has 132 valence electrons. The molecule has 0 spiro atoms. The summed E-state index contributed by atoms with van der Waals surface area (Å²) >= 11 is 3.12. The largest absolute Gasteiger partial charge is 0.477 e. The molecule has 0 saturated heterocycles. The zero-order valence-corrected chi connectivity index (χ0v) is 15.0. The first-order chi connectivity index (χ1) is 12.1. The number of furan rings is 1. The van der Waals surface area contributed by atoms with Crippen LogP contribution in [0, 0.1) is 5.92 Å². The number of amides is 2. The van der Waals surface area contributed by atoms with Crippen molar-refractivity contribution in [3.8, 4) is 5.88 Å². The van der Waals surface area contributed by atoms with Crippen molar-refractivity contribution in [3.63, 3.8) is 0 Å². The van der Waals surface area contributed by atoms with E-state index in [2.05, 4.69) is 31.5 Å². The van der Waals surface area contributed by atoms with Gasteiger partial charge in [0.15, 0.2) is 10.4 Å². The van der Waals surface area contributed by atoms with Crippen molar-refractivity contribution in [1.82, 2.24) is 15.6 Å². The molecule has 2 aromatic heterocycles. The van der Waals surface area contributed by atoms with Gasteiger partial charge in [0.1, 0.15) is 0 Å². The van der Waals surface area contributed by atoms with Gasteiger partial charge in [-0.2, -0.15) is 0 Å². The lowest BCUT2D eigenvalue weighted by molar-refractivity contribution is -0.120. The van der Waals surface area contributed by atoms with E-state index < -0.39 is 5.91 Å². The topological polar surface area (TPSA) is 93.5 Å². The number of nitrogens with one attached hydrogen (secondary N) is 2.